The highest BCUT2D eigenvalue weighted by Crippen LogP contribution is 2.16. The van der Waals surface area contributed by atoms with E-state index in [9.17, 15) is 4.79 Å². The van der Waals surface area contributed by atoms with Gasteiger partial charge in [-0.3, -0.25) is 10.00 Å². The molecular weight excluding hydrogens is 244 g/mol. The molecule has 0 aliphatic rings. The molecule has 0 unspecified atom stereocenters. The fraction of sp³-hybridized carbons (Fsp3) is 0.231. The van der Waals surface area contributed by atoms with Crippen molar-refractivity contribution in [3.63, 3.8) is 0 Å². The second kappa shape index (κ2) is 5.90. The van der Waals surface area contributed by atoms with Gasteiger partial charge in [0.05, 0.1) is 13.3 Å². The number of methoxy groups -OCH3 is 1. The normalized spacial score (nSPS) is 10.0. The van der Waals surface area contributed by atoms with Gasteiger partial charge in [-0.15, -0.1) is 0 Å². The van der Waals surface area contributed by atoms with Gasteiger partial charge >= 0.3 is 6.09 Å². The highest BCUT2D eigenvalue weighted by molar-refractivity contribution is 5.85. The maximum atomic E-state index is 11.1. The zero-order chi connectivity index (χ0) is 13.7. The highest BCUT2D eigenvalue weighted by atomic mass is 16.5. The molecule has 100 valence electrons. The molecule has 1 heterocycles. The van der Waals surface area contributed by atoms with Gasteiger partial charge in [0.2, 0.25) is 0 Å². The van der Waals surface area contributed by atoms with Crippen LogP contribution in [0.4, 0.5) is 16.2 Å². The quantitative estimate of drug-likeness (QED) is 0.884. The molecule has 1 amide bonds. The summed E-state index contributed by atoms with van der Waals surface area (Å²) in [4.78, 5) is 11.1. The maximum Gasteiger partial charge on any atom is 0.411 e. The third-order valence-electron chi connectivity index (χ3n) is 2.55. The Morgan fingerprint density at radius 1 is 1.42 bits per heavy atom. The predicted molar refractivity (Wildman–Crippen MR) is 73.0 cm³/mol. The number of carbonyl (C=O) groups is 1. The molecule has 2 aromatic rings. The SMILES string of the molecule is COC(=O)Nc1cccc(NCc2cnn(C)c2)c1. The molecule has 0 aliphatic carbocycles. The summed E-state index contributed by atoms with van der Waals surface area (Å²) < 4.78 is 6.30. The summed E-state index contributed by atoms with van der Waals surface area (Å²) in [5.41, 5.74) is 2.69. The van der Waals surface area contributed by atoms with E-state index in [0.29, 0.717) is 12.2 Å². The third-order valence-corrected chi connectivity index (χ3v) is 2.55. The first kappa shape index (κ1) is 12.9. The van der Waals surface area contributed by atoms with Crippen LogP contribution in [0.3, 0.4) is 0 Å². The third kappa shape index (κ3) is 3.74. The van der Waals surface area contributed by atoms with Gasteiger partial charge in [0.25, 0.3) is 0 Å². The number of hydrogen-bond acceptors (Lipinski definition) is 4. The maximum absolute atomic E-state index is 11.1. The van der Waals surface area contributed by atoms with E-state index in [2.05, 4.69) is 20.5 Å². The molecule has 0 fully saturated rings. The topological polar surface area (TPSA) is 68.2 Å². The largest absolute Gasteiger partial charge is 0.453 e. The lowest BCUT2D eigenvalue weighted by molar-refractivity contribution is 0.187. The molecule has 0 saturated carbocycles. The van der Waals surface area contributed by atoms with E-state index in [4.69, 9.17) is 0 Å². The Morgan fingerprint density at radius 3 is 2.89 bits per heavy atom. The number of anilines is 2. The molecule has 6 nitrogen and oxygen atoms in total. The van der Waals surface area contributed by atoms with Crippen molar-refractivity contribution in [3.8, 4) is 0 Å². The number of amides is 1. The number of ether oxygens (including phenoxy) is 1. The summed E-state index contributed by atoms with van der Waals surface area (Å²) in [5.74, 6) is 0. The van der Waals surface area contributed by atoms with E-state index < -0.39 is 6.09 Å². The molecule has 2 rings (SSSR count). The van der Waals surface area contributed by atoms with Crippen LogP contribution < -0.4 is 10.6 Å². The molecule has 6 heteroatoms. The summed E-state index contributed by atoms with van der Waals surface area (Å²) in [7, 11) is 3.21. The number of rotatable bonds is 4. The lowest BCUT2D eigenvalue weighted by Gasteiger charge is -2.08. The zero-order valence-electron chi connectivity index (χ0n) is 10.9. The van der Waals surface area contributed by atoms with Crippen LogP contribution in [-0.2, 0) is 18.3 Å². The summed E-state index contributed by atoms with van der Waals surface area (Å²) in [6.07, 6.45) is 3.28. The Bertz CT molecular complexity index is 565. The summed E-state index contributed by atoms with van der Waals surface area (Å²) in [6.45, 7) is 0.676. The first-order chi connectivity index (χ1) is 9.17. The van der Waals surface area contributed by atoms with Gasteiger partial charge in [-0.05, 0) is 18.2 Å². The Morgan fingerprint density at radius 2 is 2.21 bits per heavy atom. The summed E-state index contributed by atoms with van der Waals surface area (Å²) in [6, 6.07) is 7.43. The number of hydrogen-bond donors (Lipinski definition) is 2. The molecule has 0 spiro atoms. The summed E-state index contributed by atoms with van der Waals surface area (Å²) >= 11 is 0. The van der Waals surface area contributed by atoms with Crippen LogP contribution in [0.2, 0.25) is 0 Å². The summed E-state index contributed by atoms with van der Waals surface area (Å²) in [5, 5.41) is 9.98. The van der Waals surface area contributed by atoms with Crippen molar-refractivity contribution in [1.82, 2.24) is 9.78 Å². The van der Waals surface area contributed by atoms with Crippen LogP contribution >= 0.6 is 0 Å². The van der Waals surface area contributed by atoms with E-state index in [1.54, 1.807) is 10.7 Å². The van der Waals surface area contributed by atoms with Crippen LogP contribution in [-0.4, -0.2) is 23.0 Å². The molecular formula is C13H16N4O2. The van der Waals surface area contributed by atoms with Crippen LogP contribution in [0.5, 0.6) is 0 Å². The van der Waals surface area contributed by atoms with Crippen LogP contribution in [0.25, 0.3) is 0 Å². The fourth-order valence-electron chi connectivity index (χ4n) is 1.64. The lowest BCUT2D eigenvalue weighted by Crippen LogP contribution is -2.11. The number of aromatic nitrogens is 2. The van der Waals surface area contributed by atoms with Gasteiger partial charge < -0.3 is 10.1 Å². The Balaban J connectivity index is 1.97. The van der Waals surface area contributed by atoms with Crippen molar-refractivity contribution in [2.75, 3.05) is 17.7 Å². The minimum absolute atomic E-state index is 0.482. The first-order valence-corrected chi connectivity index (χ1v) is 5.84. The number of aryl methyl sites for hydroxylation is 1. The van der Waals surface area contributed by atoms with Crippen LogP contribution in [0.1, 0.15) is 5.56 Å². The van der Waals surface area contributed by atoms with Gasteiger partial charge in [0.15, 0.2) is 0 Å². The predicted octanol–water partition coefficient (Wildman–Crippen LogP) is 2.21. The monoisotopic (exact) mass is 260 g/mol. The number of carbonyl (C=O) groups excluding carboxylic acids is 1. The van der Waals surface area contributed by atoms with Gasteiger partial charge in [-0.25, -0.2) is 4.79 Å². The molecule has 0 aliphatic heterocycles. The molecule has 0 atom stereocenters. The smallest absolute Gasteiger partial charge is 0.411 e. The van der Waals surface area contributed by atoms with Crippen LogP contribution in [0.15, 0.2) is 36.7 Å². The van der Waals surface area contributed by atoms with Crippen molar-refractivity contribution in [3.05, 3.63) is 42.2 Å². The molecule has 2 N–H and O–H groups in total. The van der Waals surface area contributed by atoms with Gasteiger partial charge in [0, 0.05) is 36.7 Å². The van der Waals surface area contributed by atoms with Crippen molar-refractivity contribution < 1.29 is 9.53 Å². The van der Waals surface area contributed by atoms with E-state index >= 15 is 0 Å². The Kier molecular flexibility index (Phi) is 4.02. The van der Waals surface area contributed by atoms with E-state index in [1.807, 2.05) is 37.6 Å². The van der Waals surface area contributed by atoms with Gasteiger partial charge in [-0.1, -0.05) is 6.07 Å². The van der Waals surface area contributed by atoms with Crippen molar-refractivity contribution in [2.45, 2.75) is 6.54 Å². The molecule has 0 saturated heterocycles. The van der Waals surface area contributed by atoms with Gasteiger partial charge in [0.1, 0.15) is 0 Å². The van der Waals surface area contributed by atoms with E-state index in [0.717, 1.165) is 11.3 Å². The first-order valence-electron chi connectivity index (χ1n) is 5.84. The zero-order valence-corrected chi connectivity index (χ0v) is 10.9. The average molecular weight is 260 g/mol. The number of benzene rings is 1. The molecule has 1 aromatic carbocycles. The minimum Gasteiger partial charge on any atom is -0.453 e. The molecule has 19 heavy (non-hydrogen) atoms. The molecule has 1 aromatic heterocycles. The molecule has 0 bridgehead atoms. The van der Waals surface area contributed by atoms with Gasteiger partial charge in [-0.2, -0.15) is 5.10 Å². The van der Waals surface area contributed by atoms with E-state index in [-0.39, 0.29) is 0 Å². The highest BCUT2D eigenvalue weighted by Gasteiger charge is 2.01. The fourth-order valence-corrected chi connectivity index (χ4v) is 1.64. The lowest BCUT2D eigenvalue weighted by atomic mass is 10.2. The van der Waals surface area contributed by atoms with Crippen molar-refractivity contribution in [2.24, 2.45) is 7.05 Å². The molecule has 0 radical (unpaired) electrons. The Labute approximate surface area is 111 Å². The standard InChI is InChI=1S/C13H16N4O2/c1-17-9-10(8-15-17)7-14-11-4-3-5-12(6-11)16-13(18)19-2/h3-6,8-9,14H,7H2,1-2H3,(H,16,18). The van der Waals surface area contributed by atoms with Crippen molar-refractivity contribution >= 4 is 17.5 Å². The second-order valence-corrected chi connectivity index (χ2v) is 4.07. The minimum atomic E-state index is -0.482. The number of nitrogens with one attached hydrogen (secondary N) is 2. The average Bonchev–Trinajstić information content (AvgIpc) is 2.82. The number of nitrogens with zero attached hydrogens (tertiary/aromatic N) is 2. The second-order valence-electron chi connectivity index (χ2n) is 4.07. The van der Waals surface area contributed by atoms with Crippen LogP contribution in [0, 0.1) is 0 Å². The Hall–Kier alpha value is -2.50. The van der Waals surface area contributed by atoms with Crippen molar-refractivity contribution in [1.29, 1.82) is 0 Å². The van der Waals surface area contributed by atoms with E-state index in [1.165, 1.54) is 7.11 Å².